The van der Waals surface area contributed by atoms with Gasteiger partial charge in [-0.25, -0.2) is 4.79 Å². The SMILES string of the molecule is Cn1cc(C(=O)OCC2(C#N)CCOCC2)c(C(C)(C)C)n1. The van der Waals surface area contributed by atoms with Crippen molar-refractivity contribution in [3.05, 3.63) is 17.5 Å². The summed E-state index contributed by atoms with van der Waals surface area (Å²) in [5, 5.41) is 13.8. The second-order valence-electron chi connectivity index (χ2n) is 6.90. The molecular formula is C16H23N3O3. The van der Waals surface area contributed by atoms with Crippen molar-refractivity contribution in [3.8, 4) is 6.07 Å². The largest absolute Gasteiger partial charge is 0.460 e. The lowest BCUT2D eigenvalue weighted by Gasteiger charge is -2.29. The molecule has 2 heterocycles. The summed E-state index contributed by atoms with van der Waals surface area (Å²) in [7, 11) is 1.78. The van der Waals surface area contributed by atoms with E-state index in [9.17, 15) is 10.1 Å². The van der Waals surface area contributed by atoms with Crippen molar-refractivity contribution < 1.29 is 14.3 Å². The fraction of sp³-hybridized carbons (Fsp3) is 0.688. The van der Waals surface area contributed by atoms with Crippen LogP contribution < -0.4 is 0 Å². The molecule has 0 unspecified atom stereocenters. The average molecular weight is 305 g/mol. The lowest BCUT2D eigenvalue weighted by atomic mass is 9.83. The Morgan fingerprint density at radius 1 is 1.50 bits per heavy atom. The standard InChI is InChI=1S/C16H23N3O3/c1-15(2,3)13-12(9-19(4)18-13)14(20)22-11-16(10-17)5-7-21-8-6-16/h9H,5-8,11H2,1-4H3. The van der Waals surface area contributed by atoms with Crippen LogP contribution in [0.4, 0.5) is 0 Å². The summed E-state index contributed by atoms with van der Waals surface area (Å²) in [5.41, 5.74) is 0.298. The third-order valence-corrected chi connectivity index (χ3v) is 3.93. The zero-order valence-corrected chi connectivity index (χ0v) is 13.7. The predicted molar refractivity (Wildman–Crippen MR) is 80.3 cm³/mol. The van der Waals surface area contributed by atoms with Crippen LogP contribution in [0.3, 0.4) is 0 Å². The van der Waals surface area contributed by atoms with Crippen LogP contribution in [0.2, 0.25) is 0 Å². The van der Waals surface area contributed by atoms with Gasteiger partial charge in [-0.3, -0.25) is 4.68 Å². The molecule has 0 N–H and O–H groups in total. The van der Waals surface area contributed by atoms with Gasteiger partial charge in [0.15, 0.2) is 0 Å². The van der Waals surface area contributed by atoms with Gasteiger partial charge in [0.1, 0.15) is 12.2 Å². The number of ether oxygens (including phenoxy) is 2. The van der Waals surface area contributed by atoms with Gasteiger partial charge in [0.25, 0.3) is 0 Å². The maximum absolute atomic E-state index is 12.4. The number of rotatable bonds is 3. The van der Waals surface area contributed by atoms with Gasteiger partial charge in [-0.15, -0.1) is 0 Å². The first kappa shape index (κ1) is 16.5. The zero-order valence-electron chi connectivity index (χ0n) is 13.7. The second kappa shape index (κ2) is 6.09. The highest BCUT2D eigenvalue weighted by Crippen LogP contribution is 2.31. The molecular weight excluding hydrogens is 282 g/mol. The molecule has 0 aromatic carbocycles. The van der Waals surface area contributed by atoms with Gasteiger partial charge in [-0.2, -0.15) is 10.4 Å². The first-order valence-corrected chi connectivity index (χ1v) is 7.48. The van der Waals surface area contributed by atoms with Crippen molar-refractivity contribution >= 4 is 5.97 Å². The molecule has 1 fully saturated rings. The smallest absolute Gasteiger partial charge is 0.341 e. The Bertz CT molecular complexity index is 587. The van der Waals surface area contributed by atoms with Crippen LogP contribution in [0.1, 0.15) is 49.7 Å². The topological polar surface area (TPSA) is 77.1 Å². The van der Waals surface area contributed by atoms with Crippen LogP contribution in [-0.4, -0.2) is 35.6 Å². The highest BCUT2D eigenvalue weighted by Gasteiger charge is 2.35. The summed E-state index contributed by atoms with van der Waals surface area (Å²) in [6.45, 7) is 7.17. The number of hydrogen-bond acceptors (Lipinski definition) is 5. The first-order chi connectivity index (χ1) is 10.3. The number of nitrogens with zero attached hydrogens (tertiary/aromatic N) is 3. The highest BCUT2D eigenvalue weighted by atomic mass is 16.5. The van der Waals surface area contributed by atoms with Gasteiger partial charge in [-0.05, 0) is 12.8 Å². The molecule has 0 radical (unpaired) electrons. The number of carbonyl (C=O) groups is 1. The molecule has 6 heteroatoms. The quantitative estimate of drug-likeness (QED) is 0.800. The fourth-order valence-corrected chi connectivity index (χ4v) is 2.52. The van der Waals surface area contributed by atoms with E-state index in [1.54, 1.807) is 17.9 Å². The van der Waals surface area contributed by atoms with Crippen molar-refractivity contribution in [1.29, 1.82) is 5.26 Å². The van der Waals surface area contributed by atoms with E-state index in [1.165, 1.54) is 0 Å². The summed E-state index contributed by atoms with van der Waals surface area (Å²) in [4.78, 5) is 12.4. The molecule has 1 aliphatic heterocycles. The summed E-state index contributed by atoms with van der Waals surface area (Å²) in [5.74, 6) is -0.417. The molecule has 0 bridgehead atoms. The van der Waals surface area contributed by atoms with E-state index in [-0.39, 0.29) is 12.0 Å². The van der Waals surface area contributed by atoms with Crippen molar-refractivity contribution in [2.75, 3.05) is 19.8 Å². The van der Waals surface area contributed by atoms with E-state index < -0.39 is 11.4 Å². The molecule has 0 saturated carbocycles. The van der Waals surface area contributed by atoms with E-state index in [0.29, 0.717) is 37.3 Å². The summed E-state index contributed by atoms with van der Waals surface area (Å²) >= 11 is 0. The van der Waals surface area contributed by atoms with Crippen LogP contribution in [0.25, 0.3) is 0 Å². The second-order valence-corrected chi connectivity index (χ2v) is 6.90. The Kier molecular flexibility index (Phi) is 4.57. The van der Waals surface area contributed by atoms with Crippen molar-refractivity contribution in [1.82, 2.24) is 9.78 Å². The first-order valence-electron chi connectivity index (χ1n) is 7.48. The lowest BCUT2D eigenvalue weighted by Crippen LogP contribution is -2.33. The molecule has 0 atom stereocenters. The molecule has 1 aromatic heterocycles. The maximum Gasteiger partial charge on any atom is 0.341 e. The van der Waals surface area contributed by atoms with Crippen molar-refractivity contribution in [3.63, 3.8) is 0 Å². The van der Waals surface area contributed by atoms with Crippen LogP contribution >= 0.6 is 0 Å². The Morgan fingerprint density at radius 3 is 2.68 bits per heavy atom. The number of esters is 1. The minimum absolute atomic E-state index is 0.101. The van der Waals surface area contributed by atoms with Crippen molar-refractivity contribution in [2.45, 2.75) is 39.0 Å². The molecule has 6 nitrogen and oxygen atoms in total. The number of hydrogen-bond donors (Lipinski definition) is 0. The Hall–Kier alpha value is -1.87. The minimum atomic E-state index is -0.627. The van der Waals surface area contributed by atoms with E-state index in [2.05, 4.69) is 11.2 Å². The molecule has 1 aliphatic rings. The molecule has 0 spiro atoms. The molecule has 1 saturated heterocycles. The monoisotopic (exact) mass is 305 g/mol. The molecule has 120 valence electrons. The van der Waals surface area contributed by atoms with Crippen LogP contribution in [0, 0.1) is 16.7 Å². The Balaban J connectivity index is 2.12. The third kappa shape index (κ3) is 3.47. The summed E-state index contributed by atoms with van der Waals surface area (Å²) in [6.07, 6.45) is 2.86. The number of nitriles is 1. The molecule has 1 aromatic rings. The highest BCUT2D eigenvalue weighted by molar-refractivity contribution is 5.90. The number of aromatic nitrogens is 2. The fourth-order valence-electron chi connectivity index (χ4n) is 2.52. The average Bonchev–Trinajstić information content (AvgIpc) is 2.88. The van der Waals surface area contributed by atoms with Crippen molar-refractivity contribution in [2.24, 2.45) is 12.5 Å². The molecule has 0 amide bonds. The maximum atomic E-state index is 12.4. The van der Waals surface area contributed by atoms with Crippen LogP contribution in [-0.2, 0) is 21.9 Å². The van der Waals surface area contributed by atoms with E-state index >= 15 is 0 Å². The predicted octanol–water partition coefficient (Wildman–Crippen LogP) is 2.19. The zero-order chi connectivity index (χ0) is 16.4. The normalized spacial score (nSPS) is 17.8. The van der Waals surface area contributed by atoms with Gasteiger partial charge in [0.2, 0.25) is 0 Å². The van der Waals surface area contributed by atoms with Gasteiger partial charge >= 0.3 is 5.97 Å². The van der Waals surface area contributed by atoms with E-state index in [1.807, 2.05) is 20.8 Å². The number of carbonyl (C=O) groups excluding carboxylic acids is 1. The van der Waals surface area contributed by atoms with Gasteiger partial charge in [0, 0.05) is 31.9 Å². The van der Waals surface area contributed by atoms with E-state index in [4.69, 9.17) is 9.47 Å². The van der Waals surface area contributed by atoms with Gasteiger partial charge in [-0.1, -0.05) is 20.8 Å². The van der Waals surface area contributed by atoms with E-state index in [0.717, 1.165) is 0 Å². The molecule has 22 heavy (non-hydrogen) atoms. The summed E-state index contributed by atoms with van der Waals surface area (Å²) in [6, 6.07) is 2.30. The summed E-state index contributed by atoms with van der Waals surface area (Å²) < 4.78 is 12.3. The van der Waals surface area contributed by atoms with Gasteiger partial charge < -0.3 is 9.47 Å². The Morgan fingerprint density at radius 2 is 2.14 bits per heavy atom. The minimum Gasteiger partial charge on any atom is -0.460 e. The third-order valence-electron chi connectivity index (χ3n) is 3.93. The van der Waals surface area contributed by atoms with Crippen LogP contribution in [0.15, 0.2) is 6.20 Å². The molecule has 0 aliphatic carbocycles. The van der Waals surface area contributed by atoms with Crippen LogP contribution in [0.5, 0.6) is 0 Å². The molecule has 2 rings (SSSR count). The Labute approximate surface area is 131 Å². The lowest BCUT2D eigenvalue weighted by molar-refractivity contribution is -0.00478. The van der Waals surface area contributed by atoms with Gasteiger partial charge in [0.05, 0.1) is 17.2 Å². The number of aryl methyl sites for hydroxylation is 1.